The number of methoxy groups -OCH3 is 1. The van der Waals surface area contributed by atoms with E-state index in [1.807, 2.05) is 12.2 Å². The Morgan fingerprint density at radius 1 is 1.17 bits per heavy atom. The van der Waals surface area contributed by atoms with E-state index in [0.717, 1.165) is 49.0 Å². The maximum absolute atomic E-state index is 13.2. The molecule has 29 heavy (non-hydrogen) atoms. The Kier molecular flexibility index (Phi) is 5.51. The van der Waals surface area contributed by atoms with Crippen LogP contribution in [0.5, 0.6) is 0 Å². The van der Waals surface area contributed by atoms with Crippen LogP contribution in [-0.2, 0) is 27.2 Å². The molecule has 7 heteroatoms. The molecule has 5 atom stereocenters. The highest BCUT2D eigenvalue weighted by atomic mass is 32.1. The van der Waals surface area contributed by atoms with Crippen LogP contribution in [-0.4, -0.2) is 30.1 Å². The van der Waals surface area contributed by atoms with Gasteiger partial charge in [0.15, 0.2) is 0 Å². The molecular weight excluding hydrogens is 390 g/mol. The van der Waals surface area contributed by atoms with Gasteiger partial charge in [0.05, 0.1) is 24.5 Å². The Morgan fingerprint density at radius 3 is 2.45 bits per heavy atom. The summed E-state index contributed by atoms with van der Waals surface area (Å²) in [6, 6.07) is 0. The van der Waals surface area contributed by atoms with Gasteiger partial charge in [0, 0.05) is 4.88 Å². The third-order valence-corrected chi connectivity index (χ3v) is 8.08. The number of ether oxygens (including phenoxy) is 1. The minimum atomic E-state index is -0.923. The molecule has 2 bridgehead atoms. The van der Waals surface area contributed by atoms with E-state index in [1.165, 1.54) is 18.4 Å². The summed E-state index contributed by atoms with van der Waals surface area (Å²) in [5, 5.41) is 13.2. The van der Waals surface area contributed by atoms with Crippen LogP contribution in [0.25, 0.3) is 0 Å². The molecule has 2 N–H and O–H groups in total. The normalized spacial score (nSPS) is 29.9. The Morgan fingerprint density at radius 2 is 1.86 bits per heavy atom. The fraction of sp³-hybridized carbons (Fsp3) is 0.591. The molecular formula is C22H27NO5S. The summed E-state index contributed by atoms with van der Waals surface area (Å²) in [5.74, 6) is -2.56. The first-order valence-electron chi connectivity index (χ1n) is 10.4. The van der Waals surface area contributed by atoms with Crippen LogP contribution in [0.2, 0.25) is 0 Å². The molecule has 1 aromatic rings. The summed E-state index contributed by atoms with van der Waals surface area (Å²) in [4.78, 5) is 38.7. The van der Waals surface area contributed by atoms with Crippen molar-refractivity contribution in [3.63, 3.8) is 0 Å². The maximum atomic E-state index is 13.2. The lowest BCUT2D eigenvalue weighted by atomic mass is 9.62. The standard InChI is InChI=1S/C22H27NO5S/c1-3-11-4-9-14-15(10-11)29-20(18(14)22(27)28-2)23-19(24)16-12-5-7-13(8-6-12)17(16)21(25)26/h5,7,11-13,16-17H,3-4,6,8-10H2,1-2H3,(H,23,24)(H,25,26)/t11-,12+,13-,16-,17-/m0/s1. The van der Waals surface area contributed by atoms with E-state index in [-0.39, 0.29) is 17.7 Å². The lowest BCUT2D eigenvalue weighted by molar-refractivity contribution is -0.151. The minimum Gasteiger partial charge on any atom is -0.481 e. The number of aliphatic carboxylic acids is 1. The van der Waals surface area contributed by atoms with Gasteiger partial charge in [0.25, 0.3) is 0 Å². The van der Waals surface area contributed by atoms with Crippen molar-refractivity contribution in [3.8, 4) is 0 Å². The molecule has 0 aliphatic heterocycles. The molecule has 4 aliphatic rings. The van der Waals surface area contributed by atoms with E-state index in [9.17, 15) is 19.5 Å². The van der Waals surface area contributed by atoms with Gasteiger partial charge in [0.2, 0.25) is 5.91 Å². The van der Waals surface area contributed by atoms with Crippen LogP contribution in [0.15, 0.2) is 12.2 Å². The summed E-state index contributed by atoms with van der Waals surface area (Å²) in [7, 11) is 1.35. The first-order valence-corrected chi connectivity index (χ1v) is 11.2. The number of carbonyl (C=O) groups excluding carboxylic acids is 2. The number of carboxylic acid groups (broad SMARTS) is 1. The Hall–Kier alpha value is -2.15. The summed E-state index contributed by atoms with van der Waals surface area (Å²) >= 11 is 1.45. The van der Waals surface area contributed by atoms with Gasteiger partial charge in [0.1, 0.15) is 5.00 Å². The zero-order valence-electron chi connectivity index (χ0n) is 16.8. The highest BCUT2D eigenvalue weighted by Gasteiger charge is 2.48. The number of hydrogen-bond donors (Lipinski definition) is 2. The Labute approximate surface area is 174 Å². The number of rotatable bonds is 5. The molecule has 1 aromatic heterocycles. The highest BCUT2D eigenvalue weighted by Crippen LogP contribution is 2.46. The molecule has 0 saturated heterocycles. The van der Waals surface area contributed by atoms with Crippen molar-refractivity contribution < 1.29 is 24.2 Å². The molecule has 0 spiro atoms. The van der Waals surface area contributed by atoms with Crippen LogP contribution in [0.4, 0.5) is 5.00 Å². The van der Waals surface area contributed by atoms with Crippen molar-refractivity contribution in [1.82, 2.24) is 0 Å². The van der Waals surface area contributed by atoms with E-state index in [2.05, 4.69) is 12.2 Å². The first-order chi connectivity index (χ1) is 13.9. The fourth-order valence-electron chi connectivity index (χ4n) is 5.29. The van der Waals surface area contributed by atoms with Gasteiger partial charge in [-0.25, -0.2) is 4.79 Å². The van der Waals surface area contributed by atoms with Crippen molar-refractivity contribution in [2.75, 3.05) is 12.4 Å². The molecule has 4 aliphatic carbocycles. The Bertz CT molecular complexity index is 873. The first kappa shape index (κ1) is 20.1. The highest BCUT2D eigenvalue weighted by molar-refractivity contribution is 7.17. The van der Waals surface area contributed by atoms with Crippen LogP contribution >= 0.6 is 11.3 Å². The second-order valence-electron chi connectivity index (χ2n) is 8.39. The fourth-order valence-corrected chi connectivity index (χ4v) is 6.65. The maximum Gasteiger partial charge on any atom is 0.341 e. The molecule has 156 valence electrons. The average molecular weight is 418 g/mol. The number of anilines is 1. The molecule has 0 aromatic carbocycles. The number of thiophene rings is 1. The third-order valence-electron chi connectivity index (χ3n) is 6.91. The van der Waals surface area contributed by atoms with Crippen molar-refractivity contribution in [2.45, 2.75) is 45.4 Å². The number of esters is 1. The smallest absolute Gasteiger partial charge is 0.341 e. The zero-order valence-corrected chi connectivity index (χ0v) is 17.6. The van der Waals surface area contributed by atoms with Crippen LogP contribution in [0, 0.1) is 29.6 Å². The van der Waals surface area contributed by atoms with Crippen molar-refractivity contribution in [3.05, 3.63) is 28.2 Å². The monoisotopic (exact) mass is 417 g/mol. The van der Waals surface area contributed by atoms with E-state index >= 15 is 0 Å². The SMILES string of the molecule is CC[C@H]1CCc2c(sc(NC(=O)[C@@H]3[C@@H](C(=O)O)[C@H]4C=C[C@@H]3CC4)c2C(=O)OC)C1. The van der Waals surface area contributed by atoms with Crippen molar-refractivity contribution >= 4 is 34.2 Å². The summed E-state index contributed by atoms with van der Waals surface area (Å²) < 4.78 is 5.00. The topological polar surface area (TPSA) is 92.7 Å². The molecule has 1 saturated carbocycles. The molecule has 1 heterocycles. The van der Waals surface area contributed by atoms with Crippen LogP contribution < -0.4 is 5.32 Å². The van der Waals surface area contributed by atoms with Crippen molar-refractivity contribution in [2.24, 2.45) is 29.6 Å². The van der Waals surface area contributed by atoms with Crippen LogP contribution in [0.3, 0.4) is 0 Å². The molecule has 6 nitrogen and oxygen atoms in total. The molecule has 0 radical (unpaired) electrons. The zero-order chi connectivity index (χ0) is 20.7. The van der Waals surface area contributed by atoms with E-state index < -0.39 is 23.8 Å². The summed E-state index contributed by atoms with van der Waals surface area (Å²) in [6.07, 6.45) is 9.40. The molecule has 0 unspecified atom stereocenters. The lowest BCUT2D eigenvalue weighted by Gasteiger charge is -2.41. The Balaban J connectivity index is 1.64. The van der Waals surface area contributed by atoms with Crippen molar-refractivity contribution in [1.29, 1.82) is 0 Å². The third kappa shape index (κ3) is 3.50. The van der Waals surface area contributed by atoms with Gasteiger partial charge in [-0.15, -0.1) is 11.3 Å². The van der Waals surface area contributed by atoms with Gasteiger partial charge < -0.3 is 15.2 Å². The average Bonchev–Trinajstić information content (AvgIpc) is 3.09. The number of carbonyl (C=O) groups is 3. The number of allylic oxidation sites excluding steroid dienone is 2. The largest absolute Gasteiger partial charge is 0.481 e. The number of carboxylic acids is 1. The van der Waals surface area contributed by atoms with Gasteiger partial charge in [-0.3, -0.25) is 9.59 Å². The molecule has 5 rings (SSSR count). The second kappa shape index (κ2) is 7.94. The summed E-state index contributed by atoms with van der Waals surface area (Å²) in [6.45, 7) is 2.17. The quantitative estimate of drug-likeness (QED) is 0.560. The molecule has 1 amide bonds. The van der Waals surface area contributed by atoms with E-state index in [0.29, 0.717) is 16.5 Å². The van der Waals surface area contributed by atoms with Gasteiger partial charge in [-0.2, -0.15) is 0 Å². The minimum absolute atomic E-state index is 0.0678. The predicted molar refractivity (Wildman–Crippen MR) is 110 cm³/mol. The number of nitrogens with one attached hydrogen (secondary N) is 1. The van der Waals surface area contributed by atoms with Gasteiger partial charge >= 0.3 is 11.9 Å². The second-order valence-corrected chi connectivity index (χ2v) is 9.49. The predicted octanol–water partition coefficient (Wildman–Crippen LogP) is 3.90. The van der Waals surface area contributed by atoms with E-state index in [4.69, 9.17) is 4.74 Å². The van der Waals surface area contributed by atoms with E-state index in [1.54, 1.807) is 0 Å². The number of hydrogen-bond acceptors (Lipinski definition) is 5. The lowest BCUT2D eigenvalue weighted by Crippen LogP contribution is -2.47. The summed E-state index contributed by atoms with van der Waals surface area (Å²) in [5.41, 5.74) is 1.44. The number of amides is 1. The van der Waals surface area contributed by atoms with Gasteiger partial charge in [-0.1, -0.05) is 25.5 Å². The number of fused-ring (bicyclic) bond motifs is 3. The molecule has 1 fully saturated rings. The van der Waals surface area contributed by atoms with Gasteiger partial charge in [-0.05, 0) is 55.4 Å². The van der Waals surface area contributed by atoms with Crippen LogP contribution in [0.1, 0.15) is 53.4 Å².